The van der Waals surface area contributed by atoms with Gasteiger partial charge in [0.25, 0.3) is 5.91 Å². The Morgan fingerprint density at radius 1 is 0.935 bits per heavy atom. The summed E-state index contributed by atoms with van der Waals surface area (Å²) >= 11 is 0. The smallest absolute Gasteiger partial charge is 0.323 e. The predicted octanol–water partition coefficient (Wildman–Crippen LogP) is 2.55. The molecule has 2 aromatic rings. The maximum absolute atomic E-state index is 13.3. The van der Waals surface area contributed by atoms with E-state index in [2.05, 4.69) is 58.4 Å². The number of rotatable bonds is 4. The number of carbonyl (C=O) groups excluding carboxylic acids is 2. The second-order valence-corrected chi connectivity index (χ2v) is 9.22. The maximum Gasteiger partial charge on any atom is 0.326 e. The van der Waals surface area contributed by atoms with Gasteiger partial charge in [-0.3, -0.25) is 14.6 Å². The summed E-state index contributed by atoms with van der Waals surface area (Å²) in [6.45, 7) is 7.05. The summed E-state index contributed by atoms with van der Waals surface area (Å²) in [6, 6.07) is 16.6. The minimum absolute atomic E-state index is 0.0609. The Balaban J connectivity index is 1.19. The highest BCUT2D eigenvalue weighted by Gasteiger charge is 2.52. The van der Waals surface area contributed by atoms with Crippen molar-refractivity contribution in [1.29, 1.82) is 0 Å². The molecule has 2 heterocycles. The minimum Gasteiger partial charge on any atom is -0.323 e. The summed E-state index contributed by atoms with van der Waals surface area (Å²) in [6.07, 6.45) is 2.09. The van der Waals surface area contributed by atoms with E-state index < -0.39 is 5.54 Å². The molecule has 2 fully saturated rings. The first-order valence-electron chi connectivity index (χ1n) is 11.2. The van der Waals surface area contributed by atoms with E-state index in [9.17, 15) is 9.59 Å². The lowest BCUT2D eigenvalue weighted by Gasteiger charge is -2.36. The topological polar surface area (TPSA) is 55.9 Å². The molecule has 2 saturated heterocycles. The Hall–Kier alpha value is -2.70. The Labute approximate surface area is 183 Å². The van der Waals surface area contributed by atoms with Crippen LogP contribution in [0.1, 0.15) is 28.7 Å². The van der Waals surface area contributed by atoms with E-state index in [-0.39, 0.29) is 11.9 Å². The van der Waals surface area contributed by atoms with E-state index in [4.69, 9.17) is 0 Å². The highest BCUT2D eigenvalue weighted by atomic mass is 16.2. The van der Waals surface area contributed by atoms with E-state index in [1.54, 1.807) is 0 Å². The quantitative estimate of drug-likeness (QED) is 0.776. The van der Waals surface area contributed by atoms with Gasteiger partial charge in [0.05, 0.1) is 6.67 Å². The van der Waals surface area contributed by atoms with Gasteiger partial charge in [0.2, 0.25) is 0 Å². The van der Waals surface area contributed by atoms with Crippen molar-refractivity contribution >= 4 is 11.9 Å². The number of hydrogen-bond donors (Lipinski definition) is 1. The normalized spacial score (nSPS) is 24.5. The van der Waals surface area contributed by atoms with Crippen LogP contribution in [-0.4, -0.2) is 65.0 Å². The van der Waals surface area contributed by atoms with E-state index in [0.29, 0.717) is 19.5 Å². The molecule has 3 aliphatic rings. The number of imide groups is 1. The molecule has 31 heavy (non-hydrogen) atoms. The first-order chi connectivity index (χ1) is 15.0. The third kappa shape index (κ3) is 3.98. The summed E-state index contributed by atoms with van der Waals surface area (Å²) in [4.78, 5) is 32.2. The summed E-state index contributed by atoms with van der Waals surface area (Å²) < 4.78 is 0. The van der Waals surface area contributed by atoms with Crippen molar-refractivity contribution in [3.8, 4) is 0 Å². The van der Waals surface area contributed by atoms with Crippen molar-refractivity contribution in [3.05, 3.63) is 70.8 Å². The third-order valence-electron chi connectivity index (χ3n) is 6.97. The van der Waals surface area contributed by atoms with Crippen molar-refractivity contribution in [1.82, 2.24) is 20.0 Å². The van der Waals surface area contributed by atoms with E-state index >= 15 is 0 Å². The van der Waals surface area contributed by atoms with Gasteiger partial charge in [-0.25, -0.2) is 9.69 Å². The van der Waals surface area contributed by atoms with Crippen LogP contribution in [-0.2, 0) is 24.2 Å². The van der Waals surface area contributed by atoms with Crippen LogP contribution in [0.15, 0.2) is 48.5 Å². The van der Waals surface area contributed by atoms with Crippen LogP contribution in [0.3, 0.4) is 0 Å². The van der Waals surface area contributed by atoms with Crippen molar-refractivity contribution in [3.63, 3.8) is 0 Å². The molecular weight excluding hydrogens is 388 g/mol. The standard InChI is InChI=1S/C25H30N4O2/c1-19-5-4-6-20(15-19)17-27-11-13-28(14-12-27)18-29-23(30)25(26-24(29)31)10-9-21-7-2-3-8-22(21)16-25/h2-8,15H,9-14,16-18H2,1H3,(H,26,31). The average Bonchev–Trinajstić information content (AvgIpc) is 2.99. The summed E-state index contributed by atoms with van der Waals surface area (Å²) in [5, 5.41) is 3.05. The number of piperazine rings is 1. The monoisotopic (exact) mass is 418 g/mol. The van der Waals surface area contributed by atoms with E-state index in [1.807, 2.05) is 12.1 Å². The molecule has 1 N–H and O–H groups in total. The van der Waals surface area contributed by atoms with Gasteiger partial charge < -0.3 is 5.32 Å². The Morgan fingerprint density at radius 3 is 2.45 bits per heavy atom. The number of benzene rings is 2. The Kier molecular flexibility index (Phi) is 5.28. The van der Waals surface area contributed by atoms with Crippen LogP contribution in [0.4, 0.5) is 4.79 Å². The van der Waals surface area contributed by atoms with Gasteiger partial charge in [-0.1, -0.05) is 54.1 Å². The van der Waals surface area contributed by atoms with Crippen LogP contribution in [0, 0.1) is 6.92 Å². The fourth-order valence-corrected chi connectivity index (χ4v) is 5.19. The Morgan fingerprint density at radius 2 is 1.68 bits per heavy atom. The van der Waals surface area contributed by atoms with Gasteiger partial charge in [-0.05, 0) is 36.5 Å². The van der Waals surface area contributed by atoms with Crippen molar-refractivity contribution in [2.45, 2.75) is 38.3 Å². The van der Waals surface area contributed by atoms with Gasteiger partial charge in [-0.15, -0.1) is 0 Å². The molecule has 3 amide bonds. The lowest BCUT2D eigenvalue weighted by atomic mass is 9.78. The highest BCUT2D eigenvalue weighted by Crippen LogP contribution is 2.33. The van der Waals surface area contributed by atoms with Crippen LogP contribution in [0.25, 0.3) is 0 Å². The largest absolute Gasteiger partial charge is 0.326 e. The molecule has 1 aliphatic carbocycles. The molecule has 0 aromatic heterocycles. The molecular formula is C25H30N4O2. The van der Waals surface area contributed by atoms with Gasteiger partial charge >= 0.3 is 6.03 Å². The second-order valence-electron chi connectivity index (χ2n) is 9.22. The van der Waals surface area contributed by atoms with Crippen molar-refractivity contribution < 1.29 is 9.59 Å². The first-order valence-corrected chi connectivity index (χ1v) is 11.2. The van der Waals surface area contributed by atoms with Crippen LogP contribution in [0.2, 0.25) is 0 Å². The molecule has 6 heteroatoms. The number of hydrogen-bond acceptors (Lipinski definition) is 4. The molecule has 0 radical (unpaired) electrons. The third-order valence-corrected chi connectivity index (χ3v) is 6.97. The first kappa shape index (κ1) is 20.2. The fraction of sp³-hybridized carbons (Fsp3) is 0.440. The molecule has 5 rings (SSSR count). The molecule has 1 atom stereocenters. The molecule has 0 saturated carbocycles. The number of aryl methyl sites for hydroxylation is 2. The van der Waals surface area contributed by atoms with Gasteiger partial charge in [0.15, 0.2) is 0 Å². The predicted molar refractivity (Wildman–Crippen MR) is 119 cm³/mol. The lowest BCUT2D eigenvalue weighted by molar-refractivity contribution is -0.133. The molecule has 162 valence electrons. The minimum atomic E-state index is -0.765. The fourth-order valence-electron chi connectivity index (χ4n) is 5.19. The number of urea groups is 1. The van der Waals surface area contributed by atoms with Crippen LogP contribution < -0.4 is 5.32 Å². The summed E-state index contributed by atoms with van der Waals surface area (Å²) in [5.74, 6) is -0.0609. The van der Waals surface area contributed by atoms with Crippen molar-refractivity contribution in [2.24, 2.45) is 0 Å². The SMILES string of the molecule is Cc1cccc(CN2CCN(CN3C(=O)NC4(CCc5ccccc5C4)C3=O)CC2)c1. The number of carbonyl (C=O) groups is 2. The average molecular weight is 419 g/mol. The zero-order chi connectivity index (χ0) is 21.4. The molecule has 1 unspecified atom stereocenters. The van der Waals surface area contributed by atoms with Gasteiger partial charge in [0.1, 0.15) is 5.54 Å². The van der Waals surface area contributed by atoms with Crippen molar-refractivity contribution in [2.75, 3.05) is 32.8 Å². The molecule has 6 nitrogen and oxygen atoms in total. The number of fused-ring (bicyclic) bond motifs is 1. The van der Waals surface area contributed by atoms with Gasteiger partial charge in [-0.2, -0.15) is 0 Å². The molecule has 2 aromatic carbocycles. The van der Waals surface area contributed by atoms with Gasteiger partial charge in [0, 0.05) is 39.1 Å². The number of amides is 3. The molecule has 1 spiro atoms. The zero-order valence-corrected chi connectivity index (χ0v) is 18.1. The van der Waals surface area contributed by atoms with Crippen LogP contribution >= 0.6 is 0 Å². The number of nitrogens with zero attached hydrogens (tertiary/aromatic N) is 3. The molecule has 2 aliphatic heterocycles. The second kappa shape index (κ2) is 8.09. The van der Waals surface area contributed by atoms with Crippen LogP contribution in [0.5, 0.6) is 0 Å². The number of nitrogens with one attached hydrogen (secondary N) is 1. The van der Waals surface area contributed by atoms with E-state index in [0.717, 1.165) is 39.1 Å². The Bertz CT molecular complexity index is 999. The highest BCUT2D eigenvalue weighted by molar-refractivity contribution is 6.07. The maximum atomic E-state index is 13.3. The summed E-state index contributed by atoms with van der Waals surface area (Å²) in [7, 11) is 0. The lowest BCUT2D eigenvalue weighted by Crippen LogP contribution is -2.53. The summed E-state index contributed by atoms with van der Waals surface area (Å²) in [5.41, 5.74) is 4.32. The zero-order valence-electron chi connectivity index (χ0n) is 18.1. The van der Waals surface area contributed by atoms with E-state index in [1.165, 1.54) is 27.2 Å². The molecule has 0 bridgehead atoms.